The highest BCUT2D eigenvalue weighted by Crippen LogP contribution is 2.18. The van der Waals surface area contributed by atoms with E-state index in [4.69, 9.17) is 11.0 Å². The van der Waals surface area contributed by atoms with E-state index in [1.165, 1.54) is 19.3 Å². The van der Waals surface area contributed by atoms with Gasteiger partial charge in [-0.05, 0) is 18.4 Å². The molecule has 0 fully saturated rings. The predicted molar refractivity (Wildman–Crippen MR) is 75.2 cm³/mol. The lowest BCUT2D eigenvalue weighted by atomic mass is 9.99. The maximum atomic E-state index is 8.74. The first kappa shape index (κ1) is 14.3. The van der Waals surface area contributed by atoms with E-state index in [1.807, 2.05) is 6.07 Å². The molecule has 0 aromatic carbocycles. The number of nitrogens with one attached hydrogen (secondary N) is 1. The third-order valence-corrected chi connectivity index (χ3v) is 3.15. The van der Waals surface area contributed by atoms with Crippen LogP contribution in [-0.4, -0.2) is 11.5 Å². The number of aromatic nitrogens is 1. The smallest absolute Gasteiger partial charge is 0.149 e. The van der Waals surface area contributed by atoms with Crippen LogP contribution >= 0.6 is 0 Å². The Morgan fingerprint density at radius 2 is 2.28 bits per heavy atom. The highest BCUT2D eigenvalue weighted by molar-refractivity contribution is 5.62. The number of rotatable bonds is 7. The number of pyridine rings is 1. The second kappa shape index (κ2) is 7.54. The number of nitrogens with zero attached hydrogens (tertiary/aromatic N) is 2. The zero-order valence-electron chi connectivity index (χ0n) is 11.2. The van der Waals surface area contributed by atoms with E-state index in [9.17, 15) is 0 Å². The molecule has 1 heterocycles. The molecule has 0 aliphatic carbocycles. The molecule has 0 amide bonds. The van der Waals surface area contributed by atoms with Crippen molar-refractivity contribution in [3.05, 3.63) is 17.8 Å². The molecule has 3 N–H and O–H groups in total. The van der Waals surface area contributed by atoms with E-state index in [2.05, 4.69) is 24.1 Å². The lowest BCUT2D eigenvalue weighted by Gasteiger charge is -2.16. The Morgan fingerprint density at radius 1 is 1.50 bits per heavy atom. The molecule has 1 aromatic rings. The van der Waals surface area contributed by atoms with Gasteiger partial charge in [-0.1, -0.05) is 33.1 Å². The SMILES string of the molecule is CCCCC(CC)CNc1ncc(C#N)cc1N. The summed E-state index contributed by atoms with van der Waals surface area (Å²) >= 11 is 0. The van der Waals surface area contributed by atoms with Crippen LogP contribution in [-0.2, 0) is 0 Å². The molecule has 0 radical (unpaired) electrons. The third-order valence-electron chi connectivity index (χ3n) is 3.15. The minimum Gasteiger partial charge on any atom is -0.396 e. The zero-order valence-corrected chi connectivity index (χ0v) is 11.2. The van der Waals surface area contributed by atoms with Crippen molar-refractivity contribution < 1.29 is 0 Å². The van der Waals surface area contributed by atoms with Gasteiger partial charge in [-0.2, -0.15) is 5.26 Å². The van der Waals surface area contributed by atoms with Crippen molar-refractivity contribution in [2.75, 3.05) is 17.6 Å². The molecule has 4 nitrogen and oxygen atoms in total. The number of anilines is 2. The monoisotopic (exact) mass is 246 g/mol. The van der Waals surface area contributed by atoms with Crippen LogP contribution in [0.25, 0.3) is 0 Å². The van der Waals surface area contributed by atoms with Gasteiger partial charge < -0.3 is 11.1 Å². The Bertz CT molecular complexity index is 409. The van der Waals surface area contributed by atoms with Crippen molar-refractivity contribution in [2.45, 2.75) is 39.5 Å². The van der Waals surface area contributed by atoms with Gasteiger partial charge in [0.25, 0.3) is 0 Å². The van der Waals surface area contributed by atoms with E-state index < -0.39 is 0 Å². The first-order chi connectivity index (χ1) is 8.71. The summed E-state index contributed by atoms with van der Waals surface area (Å²) < 4.78 is 0. The van der Waals surface area contributed by atoms with Crippen LogP contribution in [0, 0.1) is 17.2 Å². The lowest BCUT2D eigenvalue weighted by molar-refractivity contribution is 0.472. The van der Waals surface area contributed by atoms with Crippen molar-refractivity contribution in [3.63, 3.8) is 0 Å². The Balaban J connectivity index is 2.54. The molecule has 0 saturated carbocycles. The topological polar surface area (TPSA) is 74.7 Å². The van der Waals surface area contributed by atoms with Gasteiger partial charge in [-0.3, -0.25) is 0 Å². The van der Waals surface area contributed by atoms with E-state index in [0.29, 0.717) is 23.0 Å². The zero-order chi connectivity index (χ0) is 13.4. The molecule has 1 aromatic heterocycles. The molecule has 0 bridgehead atoms. The molecule has 4 heteroatoms. The largest absolute Gasteiger partial charge is 0.396 e. The van der Waals surface area contributed by atoms with Gasteiger partial charge in [0.1, 0.15) is 11.9 Å². The fraction of sp³-hybridized carbons (Fsp3) is 0.571. The minimum absolute atomic E-state index is 0.496. The van der Waals surface area contributed by atoms with Crippen LogP contribution in [0.1, 0.15) is 45.1 Å². The lowest BCUT2D eigenvalue weighted by Crippen LogP contribution is -2.15. The average Bonchev–Trinajstić information content (AvgIpc) is 2.40. The van der Waals surface area contributed by atoms with Gasteiger partial charge >= 0.3 is 0 Å². The number of hydrogen-bond acceptors (Lipinski definition) is 4. The Hall–Kier alpha value is -1.76. The maximum Gasteiger partial charge on any atom is 0.149 e. The molecule has 98 valence electrons. The fourth-order valence-corrected chi connectivity index (χ4v) is 1.87. The van der Waals surface area contributed by atoms with Crippen molar-refractivity contribution >= 4 is 11.5 Å². The summed E-state index contributed by atoms with van der Waals surface area (Å²) in [5.41, 5.74) is 6.89. The van der Waals surface area contributed by atoms with E-state index >= 15 is 0 Å². The van der Waals surface area contributed by atoms with Crippen LogP contribution in [0.5, 0.6) is 0 Å². The van der Waals surface area contributed by atoms with Crippen molar-refractivity contribution in [2.24, 2.45) is 5.92 Å². The second-order valence-corrected chi connectivity index (χ2v) is 4.57. The molecule has 18 heavy (non-hydrogen) atoms. The maximum absolute atomic E-state index is 8.74. The van der Waals surface area contributed by atoms with Crippen LogP contribution in [0.2, 0.25) is 0 Å². The third kappa shape index (κ3) is 4.25. The fourth-order valence-electron chi connectivity index (χ4n) is 1.87. The quantitative estimate of drug-likeness (QED) is 0.775. The number of nitrogens with two attached hydrogens (primary N) is 1. The molecule has 1 atom stereocenters. The van der Waals surface area contributed by atoms with Gasteiger partial charge in [-0.15, -0.1) is 0 Å². The number of hydrogen-bond donors (Lipinski definition) is 2. The summed E-state index contributed by atoms with van der Waals surface area (Å²) in [6.07, 6.45) is 6.43. The number of nitriles is 1. The molecule has 0 saturated heterocycles. The molecule has 0 aliphatic heterocycles. The van der Waals surface area contributed by atoms with E-state index in [0.717, 1.165) is 13.0 Å². The summed E-state index contributed by atoms with van der Waals surface area (Å²) in [5.74, 6) is 1.34. The standard InChI is InChI=1S/C14H22N4/c1-3-5-6-11(4-2)9-17-14-13(16)7-12(8-15)10-18-14/h7,10-11H,3-6,9,16H2,1-2H3,(H,17,18). The molecule has 1 rings (SSSR count). The second-order valence-electron chi connectivity index (χ2n) is 4.57. The van der Waals surface area contributed by atoms with Crippen LogP contribution in [0.15, 0.2) is 12.3 Å². The first-order valence-corrected chi connectivity index (χ1v) is 6.60. The molecule has 0 spiro atoms. The van der Waals surface area contributed by atoms with Gasteiger partial charge in [0, 0.05) is 12.7 Å². The molecule has 1 unspecified atom stereocenters. The number of unbranched alkanes of at least 4 members (excludes halogenated alkanes) is 1. The molecule has 0 aliphatic rings. The summed E-state index contributed by atoms with van der Waals surface area (Å²) in [7, 11) is 0. The minimum atomic E-state index is 0.496. The van der Waals surface area contributed by atoms with Crippen LogP contribution in [0.4, 0.5) is 11.5 Å². The first-order valence-electron chi connectivity index (χ1n) is 6.60. The highest BCUT2D eigenvalue weighted by Gasteiger charge is 2.07. The van der Waals surface area contributed by atoms with Gasteiger partial charge in [0.2, 0.25) is 0 Å². The Morgan fingerprint density at radius 3 is 2.83 bits per heavy atom. The van der Waals surface area contributed by atoms with Crippen molar-refractivity contribution in [1.29, 1.82) is 5.26 Å². The molecular formula is C14H22N4. The average molecular weight is 246 g/mol. The predicted octanol–water partition coefficient (Wildman–Crippen LogP) is 3.16. The summed E-state index contributed by atoms with van der Waals surface area (Å²) in [6, 6.07) is 3.68. The van der Waals surface area contributed by atoms with Crippen molar-refractivity contribution in [1.82, 2.24) is 4.98 Å². The summed E-state index contributed by atoms with van der Waals surface area (Å²) in [6.45, 7) is 5.30. The van der Waals surface area contributed by atoms with E-state index in [-0.39, 0.29) is 0 Å². The van der Waals surface area contributed by atoms with Crippen LogP contribution in [0.3, 0.4) is 0 Å². The Kier molecular flexibility index (Phi) is 5.99. The molecular weight excluding hydrogens is 224 g/mol. The van der Waals surface area contributed by atoms with Gasteiger partial charge in [-0.25, -0.2) is 4.98 Å². The van der Waals surface area contributed by atoms with Gasteiger partial charge in [0.15, 0.2) is 0 Å². The normalized spacial score (nSPS) is 11.8. The van der Waals surface area contributed by atoms with E-state index in [1.54, 1.807) is 12.3 Å². The Labute approximate surface area is 109 Å². The van der Waals surface area contributed by atoms with Crippen molar-refractivity contribution in [3.8, 4) is 6.07 Å². The van der Waals surface area contributed by atoms with Crippen LogP contribution < -0.4 is 11.1 Å². The summed E-state index contributed by atoms with van der Waals surface area (Å²) in [4.78, 5) is 4.18. The summed E-state index contributed by atoms with van der Waals surface area (Å²) in [5, 5.41) is 12.0. The highest BCUT2D eigenvalue weighted by atomic mass is 15.0. The number of nitrogen functional groups attached to an aromatic ring is 1. The van der Waals surface area contributed by atoms with Gasteiger partial charge in [0.05, 0.1) is 11.3 Å².